The van der Waals surface area contributed by atoms with Crippen molar-refractivity contribution in [3.8, 4) is 0 Å². The Hall–Kier alpha value is -3.36. The van der Waals surface area contributed by atoms with Gasteiger partial charge in [0.2, 0.25) is 5.91 Å². The molecule has 0 bridgehead atoms. The number of hydrogen-bond donors (Lipinski definition) is 4. The van der Waals surface area contributed by atoms with E-state index in [-0.39, 0.29) is 18.4 Å². The maximum Gasteiger partial charge on any atom is 0.408 e. The lowest BCUT2D eigenvalue weighted by Crippen LogP contribution is -2.62. The zero-order valence-electron chi connectivity index (χ0n) is 16.4. The van der Waals surface area contributed by atoms with Gasteiger partial charge in [-0.25, -0.2) is 4.79 Å². The van der Waals surface area contributed by atoms with Gasteiger partial charge in [0.1, 0.15) is 12.1 Å². The van der Waals surface area contributed by atoms with Crippen molar-refractivity contribution in [2.45, 2.75) is 39.8 Å². The van der Waals surface area contributed by atoms with Crippen LogP contribution in [0.25, 0.3) is 0 Å². The first-order valence-electron chi connectivity index (χ1n) is 8.68. The van der Waals surface area contributed by atoms with Crippen molar-refractivity contribution in [3.05, 3.63) is 48.2 Å². The molecule has 0 heterocycles. The summed E-state index contributed by atoms with van der Waals surface area (Å²) in [6.07, 6.45) is 1.42. The second-order valence-electron chi connectivity index (χ2n) is 6.52. The summed E-state index contributed by atoms with van der Waals surface area (Å²) in [5.41, 5.74) is 3.91. The largest absolute Gasteiger partial charge is 0.445 e. The predicted molar refractivity (Wildman–Crippen MR) is 102 cm³/mol. The molecular formula is C19H26N4O5. The van der Waals surface area contributed by atoms with E-state index in [4.69, 9.17) is 4.74 Å². The minimum absolute atomic E-state index is 0.0626. The number of hydrazine groups is 1. The number of ether oxygens (including phenoxy) is 1. The third-order valence-corrected chi connectivity index (χ3v) is 4.02. The van der Waals surface area contributed by atoms with Crippen molar-refractivity contribution in [3.63, 3.8) is 0 Å². The van der Waals surface area contributed by atoms with E-state index < -0.39 is 23.4 Å². The van der Waals surface area contributed by atoms with Gasteiger partial charge in [0, 0.05) is 19.2 Å². The van der Waals surface area contributed by atoms with Gasteiger partial charge in [-0.15, -0.1) is 0 Å². The molecule has 0 aliphatic rings. The molecule has 0 aliphatic heterocycles. The Balaban J connectivity index is 2.61. The van der Waals surface area contributed by atoms with Crippen LogP contribution in [0.1, 0.15) is 33.3 Å². The molecule has 0 saturated heterocycles. The normalized spacial score (nSPS) is 12.8. The monoisotopic (exact) mass is 390 g/mol. The summed E-state index contributed by atoms with van der Waals surface area (Å²) >= 11 is 0. The maximum absolute atomic E-state index is 12.5. The third kappa shape index (κ3) is 7.48. The summed E-state index contributed by atoms with van der Waals surface area (Å²) in [6.45, 7) is 6.37. The Morgan fingerprint density at radius 2 is 1.75 bits per heavy atom. The minimum atomic E-state index is -1.33. The summed E-state index contributed by atoms with van der Waals surface area (Å²) in [6, 6.07) is 9.12. The van der Waals surface area contributed by atoms with Crippen LogP contribution in [-0.4, -0.2) is 29.4 Å². The predicted octanol–water partition coefficient (Wildman–Crippen LogP) is 1.12. The van der Waals surface area contributed by atoms with Crippen LogP contribution in [0, 0.1) is 5.92 Å². The highest BCUT2D eigenvalue weighted by Crippen LogP contribution is 2.17. The topological polar surface area (TPSA) is 126 Å². The number of carbonyl (C=O) groups is 4. The molecule has 0 spiro atoms. The van der Waals surface area contributed by atoms with E-state index in [1.54, 1.807) is 13.8 Å². The first-order valence-corrected chi connectivity index (χ1v) is 8.68. The molecule has 0 aliphatic carbocycles. The quantitative estimate of drug-likeness (QED) is 0.410. The van der Waals surface area contributed by atoms with E-state index in [9.17, 15) is 19.2 Å². The average molecular weight is 390 g/mol. The molecule has 1 atom stereocenters. The van der Waals surface area contributed by atoms with Crippen LogP contribution in [-0.2, 0) is 25.7 Å². The minimum Gasteiger partial charge on any atom is -0.445 e. The van der Waals surface area contributed by atoms with Gasteiger partial charge in [-0.05, 0) is 18.4 Å². The van der Waals surface area contributed by atoms with E-state index in [1.165, 1.54) is 13.8 Å². The van der Waals surface area contributed by atoms with E-state index in [2.05, 4.69) is 21.5 Å². The number of hydrogen-bond acceptors (Lipinski definition) is 5. The highest BCUT2D eigenvalue weighted by molar-refractivity contribution is 5.93. The molecule has 0 saturated carbocycles. The van der Waals surface area contributed by atoms with Crippen LogP contribution in [0.15, 0.2) is 42.6 Å². The average Bonchev–Trinajstić information content (AvgIpc) is 2.64. The number of rotatable bonds is 7. The van der Waals surface area contributed by atoms with Gasteiger partial charge in [-0.2, -0.15) is 0 Å². The Morgan fingerprint density at radius 1 is 1.11 bits per heavy atom. The van der Waals surface area contributed by atoms with Crippen molar-refractivity contribution < 1.29 is 23.9 Å². The zero-order chi connectivity index (χ0) is 21.2. The fourth-order valence-corrected chi connectivity index (χ4v) is 1.96. The van der Waals surface area contributed by atoms with Crippen LogP contribution >= 0.6 is 0 Å². The van der Waals surface area contributed by atoms with Crippen LogP contribution in [0.3, 0.4) is 0 Å². The van der Waals surface area contributed by atoms with Crippen molar-refractivity contribution in [2.24, 2.45) is 5.92 Å². The molecule has 1 rings (SSSR count). The molecule has 0 aromatic heterocycles. The number of amides is 4. The Labute approximate surface area is 163 Å². The van der Waals surface area contributed by atoms with Gasteiger partial charge in [0.25, 0.3) is 11.8 Å². The van der Waals surface area contributed by atoms with Crippen LogP contribution in [0.2, 0.25) is 0 Å². The summed E-state index contributed by atoms with van der Waals surface area (Å²) in [5.74, 6) is -1.91. The summed E-state index contributed by atoms with van der Waals surface area (Å²) in [5, 5.41) is 4.84. The zero-order valence-corrected chi connectivity index (χ0v) is 16.4. The Kier molecular flexibility index (Phi) is 8.67. The first-order chi connectivity index (χ1) is 13.1. The van der Waals surface area contributed by atoms with Gasteiger partial charge >= 0.3 is 6.09 Å². The molecule has 4 N–H and O–H groups in total. The second-order valence-corrected chi connectivity index (χ2v) is 6.52. The van der Waals surface area contributed by atoms with E-state index in [0.717, 1.165) is 17.8 Å². The van der Waals surface area contributed by atoms with Crippen molar-refractivity contribution in [2.75, 3.05) is 0 Å². The lowest BCUT2D eigenvalue weighted by atomic mass is 9.88. The summed E-state index contributed by atoms with van der Waals surface area (Å²) in [7, 11) is 0. The standard InChI is InChI=1S/C19H26N4O5/c1-13(2)19(4,17(26)23-22-16(25)10-11-20-14(3)24)21-18(27)28-12-15-8-6-5-7-9-15/h5-11,13H,12H2,1-4H3,(H,20,24)(H,21,27)(H,22,25)(H,23,26)/b11-10-/t19-/m0/s1. The smallest absolute Gasteiger partial charge is 0.408 e. The maximum atomic E-state index is 12.5. The molecule has 0 fully saturated rings. The molecule has 9 nitrogen and oxygen atoms in total. The molecule has 28 heavy (non-hydrogen) atoms. The molecule has 1 aromatic rings. The third-order valence-electron chi connectivity index (χ3n) is 4.02. The van der Waals surface area contributed by atoms with Gasteiger partial charge in [-0.1, -0.05) is 44.2 Å². The molecule has 9 heteroatoms. The van der Waals surface area contributed by atoms with E-state index in [0.29, 0.717) is 0 Å². The lowest BCUT2D eigenvalue weighted by molar-refractivity contribution is -0.132. The Morgan fingerprint density at radius 3 is 2.32 bits per heavy atom. The molecule has 0 unspecified atom stereocenters. The van der Waals surface area contributed by atoms with Gasteiger partial charge in [0.05, 0.1) is 0 Å². The SMILES string of the molecule is CC(=O)N/C=C\C(=O)NNC(=O)[C@@](C)(NC(=O)OCc1ccccc1)C(C)C. The summed E-state index contributed by atoms with van der Waals surface area (Å²) in [4.78, 5) is 47.0. The van der Waals surface area contributed by atoms with Crippen LogP contribution < -0.4 is 21.5 Å². The first kappa shape index (κ1) is 22.7. The highest BCUT2D eigenvalue weighted by Gasteiger charge is 2.39. The fraction of sp³-hybridized carbons (Fsp3) is 0.368. The van der Waals surface area contributed by atoms with Crippen LogP contribution in [0.5, 0.6) is 0 Å². The van der Waals surface area contributed by atoms with Gasteiger partial charge in [-0.3, -0.25) is 25.2 Å². The summed E-state index contributed by atoms with van der Waals surface area (Å²) < 4.78 is 5.16. The van der Waals surface area contributed by atoms with Gasteiger partial charge < -0.3 is 15.4 Å². The lowest BCUT2D eigenvalue weighted by Gasteiger charge is -2.32. The second kappa shape index (κ2) is 10.7. The molecule has 1 aromatic carbocycles. The fourth-order valence-electron chi connectivity index (χ4n) is 1.96. The molecule has 0 radical (unpaired) electrons. The van der Waals surface area contributed by atoms with Crippen LogP contribution in [0.4, 0.5) is 4.79 Å². The number of alkyl carbamates (subject to hydrolysis) is 1. The van der Waals surface area contributed by atoms with Crippen molar-refractivity contribution in [1.29, 1.82) is 0 Å². The molecular weight excluding hydrogens is 364 g/mol. The number of benzene rings is 1. The molecule has 4 amide bonds. The number of nitrogens with one attached hydrogen (secondary N) is 4. The highest BCUT2D eigenvalue weighted by atomic mass is 16.5. The van der Waals surface area contributed by atoms with E-state index in [1.807, 2.05) is 30.3 Å². The molecule has 152 valence electrons. The number of carbonyl (C=O) groups excluding carboxylic acids is 4. The van der Waals surface area contributed by atoms with Crippen molar-refractivity contribution >= 4 is 23.8 Å². The van der Waals surface area contributed by atoms with E-state index >= 15 is 0 Å². The van der Waals surface area contributed by atoms with Gasteiger partial charge in [0.15, 0.2) is 0 Å². The Bertz CT molecular complexity index is 733. The van der Waals surface area contributed by atoms with Crippen molar-refractivity contribution in [1.82, 2.24) is 21.5 Å².